The van der Waals surface area contributed by atoms with Gasteiger partial charge >= 0.3 is 0 Å². The molecule has 1 fully saturated rings. The lowest BCUT2D eigenvalue weighted by molar-refractivity contribution is -0.114. The number of anilines is 1. The summed E-state index contributed by atoms with van der Waals surface area (Å²) in [7, 11) is 1.59. The molecule has 0 aliphatic carbocycles. The number of aromatic nitrogens is 2. The number of benzene rings is 1. The number of hydrogen-bond donors (Lipinski definition) is 2. The van der Waals surface area contributed by atoms with Gasteiger partial charge in [0.1, 0.15) is 5.75 Å². The molecule has 1 aliphatic heterocycles. The van der Waals surface area contributed by atoms with Gasteiger partial charge in [-0.25, -0.2) is 9.98 Å². The number of nitrogens with one attached hydrogen (secondary N) is 2. The Bertz CT molecular complexity index is 865. The van der Waals surface area contributed by atoms with Gasteiger partial charge in [0.2, 0.25) is 5.91 Å². The van der Waals surface area contributed by atoms with Crippen molar-refractivity contribution >= 4 is 17.6 Å². The van der Waals surface area contributed by atoms with Crippen molar-refractivity contribution < 1.29 is 9.53 Å². The average Bonchev–Trinajstić information content (AvgIpc) is 3.26. The van der Waals surface area contributed by atoms with Gasteiger partial charge in [-0.3, -0.25) is 4.79 Å². The number of nitrogens with zero attached hydrogens (tertiary/aromatic N) is 4. The number of piperidine rings is 1. The van der Waals surface area contributed by atoms with Crippen LogP contribution in [0.15, 0.2) is 41.9 Å². The smallest absolute Gasteiger partial charge is 0.221 e. The van der Waals surface area contributed by atoms with E-state index in [0.29, 0.717) is 29.9 Å². The van der Waals surface area contributed by atoms with Gasteiger partial charge in [0, 0.05) is 39.0 Å². The third kappa shape index (κ3) is 5.31. The molecule has 2 N–H and O–H groups in total. The Morgan fingerprint density at radius 1 is 1.40 bits per heavy atom. The summed E-state index contributed by atoms with van der Waals surface area (Å²) in [6.45, 7) is 9.05. The number of aliphatic imine (C=N–C) groups is 1. The Labute approximate surface area is 178 Å². The fourth-order valence-corrected chi connectivity index (χ4v) is 3.83. The van der Waals surface area contributed by atoms with Gasteiger partial charge in [0.25, 0.3) is 0 Å². The number of methoxy groups -OCH3 is 1. The fourth-order valence-electron chi connectivity index (χ4n) is 3.83. The van der Waals surface area contributed by atoms with Crippen LogP contribution in [0.5, 0.6) is 5.75 Å². The lowest BCUT2D eigenvalue weighted by atomic mass is 9.93. The number of amides is 1. The zero-order chi connectivity index (χ0) is 21.5. The summed E-state index contributed by atoms with van der Waals surface area (Å²) in [5.74, 6) is 2.00. The van der Waals surface area contributed by atoms with Crippen LogP contribution in [0.2, 0.25) is 0 Å². The predicted octanol–water partition coefficient (Wildman–Crippen LogP) is 2.90. The molecule has 0 spiro atoms. The van der Waals surface area contributed by atoms with Crippen LogP contribution in [0, 0.1) is 5.92 Å². The average molecular weight is 413 g/mol. The van der Waals surface area contributed by atoms with Gasteiger partial charge in [-0.05, 0) is 37.0 Å². The zero-order valence-corrected chi connectivity index (χ0v) is 18.3. The first-order valence-electron chi connectivity index (χ1n) is 10.5. The topological polar surface area (TPSA) is 83.8 Å². The van der Waals surface area contributed by atoms with Gasteiger partial charge in [0.05, 0.1) is 31.7 Å². The standard InChI is InChI=1S/C22H32N6O2/c1-5-24-22(27-10-8-16(2)20(14-27)28-11-9-23-15-28)25-13-18-6-7-21(30-4)19(12-18)26-17(3)29/h6-7,9,11-12,15-16,20H,5,8,10,13-14H2,1-4H3,(H,24,25)(H,26,29). The monoisotopic (exact) mass is 412 g/mol. The molecule has 1 aromatic carbocycles. The first-order valence-corrected chi connectivity index (χ1v) is 10.5. The molecule has 0 saturated carbocycles. The summed E-state index contributed by atoms with van der Waals surface area (Å²) < 4.78 is 7.54. The van der Waals surface area contributed by atoms with Crippen LogP contribution < -0.4 is 15.4 Å². The van der Waals surface area contributed by atoms with Crippen molar-refractivity contribution in [3.05, 3.63) is 42.5 Å². The number of carbonyl (C=O) groups excluding carboxylic acids is 1. The van der Waals surface area contributed by atoms with Gasteiger partial charge in [-0.15, -0.1) is 0 Å². The van der Waals surface area contributed by atoms with Crippen LogP contribution >= 0.6 is 0 Å². The van der Waals surface area contributed by atoms with Gasteiger partial charge < -0.3 is 24.8 Å². The SMILES string of the molecule is CCNC(=NCc1ccc(OC)c(NC(C)=O)c1)N1CCC(C)C(n2ccnc2)C1. The second-order valence-corrected chi connectivity index (χ2v) is 7.68. The summed E-state index contributed by atoms with van der Waals surface area (Å²) in [5, 5.41) is 6.25. The molecule has 2 heterocycles. The molecule has 1 aromatic heterocycles. The lowest BCUT2D eigenvalue weighted by Gasteiger charge is -2.39. The van der Waals surface area contributed by atoms with E-state index in [9.17, 15) is 4.79 Å². The third-order valence-electron chi connectivity index (χ3n) is 5.45. The van der Waals surface area contributed by atoms with Gasteiger partial charge in [-0.1, -0.05) is 13.0 Å². The third-order valence-corrected chi connectivity index (χ3v) is 5.45. The van der Waals surface area contributed by atoms with E-state index >= 15 is 0 Å². The largest absolute Gasteiger partial charge is 0.495 e. The Kier molecular flexibility index (Phi) is 7.32. The van der Waals surface area contributed by atoms with E-state index in [1.807, 2.05) is 36.9 Å². The Morgan fingerprint density at radius 2 is 2.23 bits per heavy atom. The van der Waals surface area contributed by atoms with Crippen molar-refractivity contribution in [2.24, 2.45) is 10.9 Å². The molecule has 2 atom stereocenters. The van der Waals surface area contributed by atoms with E-state index in [4.69, 9.17) is 9.73 Å². The summed E-state index contributed by atoms with van der Waals surface area (Å²) >= 11 is 0. The van der Waals surface area contributed by atoms with Gasteiger partial charge in [0.15, 0.2) is 5.96 Å². The second kappa shape index (κ2) is 10.1. The highest BCUT2D eigenvalue weighted by Crippen LogP contribution is 2.28. The molecule has 0 radical (unpaired) electrons. The normalized spacial score (nSPS) is 19.5. The highest BCUT2D eigenvalue weighted by molar-refractivity contribution is 5.90. The van der Waals surface area contributed by atoms with Crippen molar-refractivity contribution in [2.75, 3.05) is 32.1 Å². The first-order chi connectivity index (χ1) is 14.5. The summed E-state index contributed by atoms with van der Waals surface area (Å²) in [4.78, 5) is 22.9. The van der Waals surface area contributed by atoms with Crippen LogP contribution in [0.4, 0.5) is 5.69 Å². The summed E-state index contributed by atoms with van der Waals surface area (Å²) in [6.07, 6.45) is 6.87. The molecule has 2 unspecified atom stereocenters. The van der Waals surface area contributed by atoms with Crippen LogP contribution in [0.1, 0.15) is 38.8 Å². The molecule has 1 aliphatic rings. The molecule has 30 heavy (non-hydrogen) atoms. The zero-order valence-electron chi connectivity index (χ0n) is 18.3. The van der Waals surface area contributed by atoms with E-state index in [1.165, 1.54) is 6.92 Å². The minimum absolute atomic E-state index is 0.129. The van der Waals surface area contributed by atoms with Crippen molar-refractivity contribution in [2.45, 2.75) is 39.8 Å². The van der Waals surface area contributed by atoms with Crippen molar-refractivity contribution in [1.82, 2.24) is 19.8 Å². The number of likely N-dealkylation sites (tertiary alicyclic amines) is 1. The molecule has 2 aromatic rings. The number of carbonyl (C=O) groups is 1. The first kappa shape index (κ1) is 21.7. The predicted molar refractivity (Wildman–Crippen MR) is 119 cm³/mol. The Balaban J connectivity index is 1.76. The van der Waals surface area contributed by atoms with Crippen molar-refractivity contribution in [1.29, 1.82) is 0 Å². The maximum absolute atomic E-state index is 11.5. The Morgan fingerprint density at radius 3 is 2.90 bits per heavy atom. The fraction of sp³-hybridized carbons (Fsp3) is 0.500. The maximum atomic E-state index is 11.5. The molecule has 0 bridgehead atoms. The minimum atomic E-state index is -0.129. The molecular weight excluding hydrogens is 380 g/mol. The van der Waals surface area contributed by atoms with Crippen LogP contribution in [-0.2, 0) is 11.3 Å². The van der Waals surface area contributed by atoms with Crippen LogP contribution in [-0.4, -0.2) is 53.1 Å². The summed E-state index contributed by atoms with van der Waals surface area (Å²) in [6, 6.07) is 6.13. The highest BCUT2D eigenvalue weighted by atomic mass is 16.5. The van der Waals surface area contributed by atoms with E-state index in [2.05, 4.69) is 38.9 Å². The van der Waals surface area contributed by atoms with Crippen LogP contribution in [0.3, 0.4) is 0 Å². The lowest BCUT2D eigenvalue weighted by Crippen LogP contribution is -2.49. The molecular formula is C22H32N6O2. The maximum Gasteiger partial charge on any atom is 0.221 e. The van der Waals surface area contributed by atoms with E-state index in [-0.39, 0.29) is 5.91 Å². The molecule has 162 valence electrons. The van der Waals surface area contributed by atoms with E-state index in [0.717, 1.165) is 37.6 Å². The molecule has 3 rings (SSSR count). The summed E-state index contributed by atoms with van der Waals surface area (Å²) in [5.41, 5.74) is 1.67. The van der Waals surface area contributed by atoms with Crippen molar-refractivity contribution in [3.63, 3.8) is 0 Å². The quantitative estimate of drug-likeness (QED) is 0.563. The van der Waals surface area contributed by atoms with E-state index < -0.39 is 0 Å². The molecule has 1 saturated heterocycles. The number of rotatable bonds is 6. The van der Waals surface area contributed by atoms with Crippen LogP contribution in [0.25, 0.3) is 0 Å². The van der Waals surface area contributed by atoms with E-state index in [1.54, 1.807) is 7.11 Å². The number of ether oxygens (including phenoxy) is 1. The number of guanidine groups is 1. The Hall–Kier alpha value is -3.03. The minimum Gasteiger partial charge on any atom is -0.495 e. The van der Waals surface area contributed by atoms with Crippen molar-refractivity contribution in [3.8, 4) is 5.75 Å². The molecule has 8 nitrogen and oxygen atoms in total. The second-order valence-electron chi connectivity index (χ2n) is 7.68. The number of imidazole rings is 1. The molecule has 1 amide bonds. The molecule has 8 heteroatoms. The van der Waals surface area contributed by atoms with Gasteiger partial charge in [-0.2, -0.15) is 0 Å². The number of hydrogen-bond acceptors (Lipinski definition) is 4. The highest BCUT2D eigenvalue weighted by Gasteiger charge is 2.28.